The van der Waals surface area contributed by atoms with Crippen LogP contribution in [0, 0.1) is 29.8 Å². The monoisotopic (exact) mass is 455 g/mol. The molecule has 0 unspecified atom stereocenters. The van der Waals surface area contributed by atoms with E-state index in [0.717, 1.165) is 6.07 Å². The number of aromatic nitrogens is 1. The number of rotatable bonds is 9. The van der Waals surface area contributed by atoms with Gasteiger partial charge < -0.3 is 19.7 Å². The Labute approximate surface area is 188 Å². The number of nitro groups is 1. The third kappa shape index (κ3) is 5.07. The van der Waals surface area contributed by atoms with Crippen LogP contribution in [0.2, 0.25) is 0 Å². The van der Waals surface area contributed by atoms with E-state index < -0.39 is 29.1 Å². The maximum absolute atomic E-state index is 14.3. The van der Waals surface area contributed by atoms with Crippen molar-refractivity contribution in [3.63, 3.8) is 0 Å². The molecule has 2 aromatic carbocycles. The van der Waals surface area contributed by atoms with Gasteiger partial charge in [-0.3, -0.25) is 14.9 Å². The maximum atomic E-state index is 14.3. The number of halogens is 1. The first-order valence-corrected chi connectivity index (χ1v) is 10.0. The van der Waals surface area contributed by atoms with Gasteiger partial charge in [-0.1, -0.05) is 12.1 Å². The first-order valence-electron chi connectivity index (χ1n) is 10.0. The first kappa shape index (κ1) is 23.6. The molecule has 0 bridgehead atoms. The number of para-hydroxylation sites is 1. The second kappa shape index (κ2) is 10.0. The Morgan fingerprint density at radius 3 is 2.55 bits per heavy atom. The standard InChI is InChI=1S/C23H22FN3O6/c1-14-11-17(15(2)26(14)21-6-4-3-5-19(21)24)22(29)13-33-23(30)18-12-16(27(31)32)7-8-20(18)25-9-10-28/h3-8,11-12,25,28H,9-10,13H2,1-2H3. The number of non-ortho nitro benzene ring substituents is 1. The Kier molecular flexibility index (Phi) is 7.19. The van der Waals surface area contributed by atoms with Crippen LogP contribution in [0.3, 0.4) is 0 Å². The van der Waals surface area contributed by atoms with Crippen molar-refractivity contribution in [3.8, 4) is 5.69 Å². The van der Waals surface area contributed by atoms with E-state index in [1.807, 2.05) is 0 Å². The number of Topliss-reactive ketones (excluding diaryl/α,β-unsaturated/α-hetero) is 1. The minimum atomic E-state index is -0.935. The van der Waals surface area contributed by atoms with Crippen LogP contribution < -0.4 is 5.32 Å². The molecule has 0 aliphatic carbocycles. The fourth-order valence-electron chi connectivity index (χ4n) is 3.49. The number of anilines is 1. The summed E-state index contributed by atoms with van der Waals surface area (Å²) in [5.41, 5.74) is 1.44. The van der Waals surface area contributed by atoms with Crippen molar-refractivity contribution in [1.29, 1.82) is 0 Å². The molecule has 0 saturated heterocycles. The molecular weight excluding hydrogens is 433 g/mol. The third-order valence-electron chi connectivity index (χ3n) is 5.02. The summed E-state index contributed by atoms with van der Waals surface area (Å²) >= 11 is 0. The number of aliphatic hydroxyl groups excluding tert-OH is 1. The molecule has 33 heavy (non-hydrogen) atoms. The van der Waals surface area contributed by atoms with E-state index in [1.165, 1.54) is 18.2 Å². The Morgan fingerprint density at radius 2 is 1.88 bits per heavy atom. The van der Waals surface area contributed by atoms with E-state index in [0.29, 0.717) is 17.1 Å². The van der Waals surface area contributed by atoms with Crippen molar-refractivity contribution in [2.75, 3.05) is 25.1 Å². The topological polar surface area (TPSA) is 124 Å². The van der Waals surface area contributed by atoms with Crippen LogP contribution in [-0.2, 0) is 4.74 Å². The summed E-state index contributed by atoms with van der Waals surface area (Å²) in [7, 11) is 0. The molecule has 3 rings (SSSR count). The van der Waals surface area contributed by atoms with Crippen molar-refractivity contribution in [2.24, 2.45) is 0 Å². The second-order valence-corrected chi connectivity index (χ2v) is 7.21. The van der Waals surface area contributed by atoms with Crippen LogP contribution >= 0.6 is 0 Å². The lowest BCUT2D eigenvalue weighted by Gasteiger charge is -2.12. The SMILES string of the molecule is Cc1cc(C(=O)COC(=O)c2cc([N+](=O)[O-])ccc2NCCO)c(C)n1-c1ccccc1F. The first-order chi connectivity index (χ1) is 15.7. The van der Waals surface area contributed by atoms with Gasteiger partial charge in [0.1, 0.15) is 5.82 Å². The van der Waals surface area contributed by atoms with Gasteiger partial charge >= 0.3 is 5.97 Å². The highest BCUT2D eigenvalue weighted by Crippen LogP contribution is 2.25. The summed E-state index contributed by atoms with van der Waals surface area (Å²) < 4.78 is 21.0. The number of hydrogen-bond acceptors (Lipinski definition) is 7. The predicted octanol–water partition coefficient (Wildman–Crippen LogP) is 3.59. The van der Waals surface area contributed by atoms with Crippen LogP contribution in [-0.4, -0.2) is 46.1 Å². The molecule has 0 aliphatic heterocycles. The summed E-state index contributed by atoms with van der Waals surface area (Å²) in [6.07, 6.45) is 0. The number of ether oxygens (including phenoxy) is 1. The number of hydrogen-bond donors (Lipinski definition) is 2. The lowest BCUT2D eigenvalue weighted by Crippen LogP contribution is -2.17. The number of aliphatic hydroxyl groups is 1. The number of nitro benzene ring substituents is 1. The highest BCUT2D eigenvalue weighted by molar-refractivity contribution is 6.02. The maximum Gasteiger partial charge on any atom is 0.340 e. The molecule has 3 aromatic rings. The van der Waals surface area contributed by atoms with Gasteiger partial charge in [0.2, 0.25) is 5.78 Å². The van der Waals surface area contributed by atoms with Crippen molar-refractivity contribution in [3.05, 3.63) is 87.0 Å². The normalized spacial score (nSPS) is 10.7. The van der Waals surface area contributed by atoms with Gasteiger partial charge in [-0.2, -0.15) is 0 Å². The molecule has 1 heterocycles. The second-order valence-electron chi connectivity index (χ2n) is 7.21. The molecular formula is C23H22FN3O6. The summed E-state index contributed by atoms with van der Waals surface area (Å²) in [6, 6.07) is 11.3. The minimum Gasteiger partial charge on any atom is -0.454 e. The Bertz CT molecular complexity index is 1220. The number of aryl methyl sites for hydroxylation is 1. The Balaban J connectivity index is 1.81. The van der Waals surface area contributed by atoms with E-state index >= 15 is 0 Å². The van der Waals surface area contributed by atoms with Crippen molar-refractivity contribution in [2.45, 2.75) is 13.8 Å². The average molecular weight is 455 g/mol. The fourth-order valence-corrected chi connectivity index (χ4v) is 3.49. The highest BCUT2D eigenvalue weighted by Gasteiger charge is 2.22. The van der Waals surface area contributed by atoms with Crippen molar-refractivity contribution in [1.82, 2.24) is 4.57 Å². The summed E-state index contributed by atoms with van der Waals surface area (Å²) in [5.74, 6) is -1.89. The summed E-state index contributed by atoms with van der Waals surface area (Å²) in [4.78, 5) is 35.8. The molecule has 0 fully saturated rings. The largest absolute Gasteiger partial charge is 0.454 e. The minimum absolute atomic E-state index is 0.110. The van der Waals surface area contributed by atoms with Crippen LogP contribution in [0.15, 0.2) is 48.5 Å². The van der Waals surface area contributed by atoms with E-state index in [1.54, 1.807) is 42.7 Å². The number of carbonyl (C=O) groups excluding carboxylic acids is 2. The smallest absolute Gasteiger partial charge is 0.340 e. The Hall–Kier alpha value is -4.05. The number of benzene rings is 2. The van der Waals surface area contributed by atoms with Gasteiger partial charge in [0.25, 0.3) is 5.69 Å². The molecule has 0 atom stereocenters. The predicted molar refractivity (Wildman–Crippen MR) is 118 cm³/mol. The lowest BCUT2D eigenvalue weighted by molar-refractivity contribution is -0.384. The fraction of sp³-hybridized carbons (Fsp3) is 0.217. The van der Waals surface area contributed by atoms with E-state index in [4.69, 9.17) is 9.84 Å². The number of esters is 1. The van der Waals surface area contributed by atoms with E-state index in [-0.39, 0.29) is 35.7 Å². The molecule has 0 radical (unpaired) electrons. The summed E-state index contributed by atoms with van der Waals surface area (Å²) in [6.45, 7) is 2.67. The van der Waals surface area contributed by atoms with Gasteiger partial charge in [-0.15, -0.1) is 0 Å². The zero-order valence-electron chi connectivity index (χ0n) is 18.0. The van der Waals surface area contributed by atoms with E-state index in [2.05, 4.69) is 5.32 Å². The summed E-state index contributed by atoms with van der Waals surface area (Å²) in [5, 5.41) is 22.8. The lowest BCUT2D eigenvalue weighted by atomic mass is 10.1. The van der Waals surface area contributed by atoms with Gasteiger partial charge in [0, 0.05) is 41.3 Å². The van der Waals surface area contributed by atoms with Gasteiger partial charge in [-0.25, -0.2) is 9.18 Å². The van der Waals surface area contributed by atoms with E-state index in [9.17, 15) is 24.1 Å². The molecule has 9 nitrogen and oxygen atoms in total. The average Bonchev–Trinajstić information content (AvgIpc) is 3.09. The molecule has 10 heteroatoms. The zero-order valence-corrected chi connectivity index (χ0v) is 18.0. The molecule has 0 amide bonds. The number of nitrogens with one attached hydrogen (secondary N) is 1. The molecule has 0 spiro atoms. The molecule has 1 aromatic heterocycles. The van der Waals surface area contributed by atoms with Crippen LogP contribution in [0.4, 0.5) is 15.8 Å². The van der Waals surface area contributed by atoms with Gasteiger partial charge in [0.15, 0.2) is 6.61 Å². The Morgan fingerprint density at radius 1 is 1.15 bits per heavy atom. The zero-order chi connectivity index (χ0) is 24.1. The molecule has 0 saturated carbocycles. The molecule has 2 N–H and O–H groups in total. The highest BCUT2D eigenvalue weighted by atomic mass is 19.1. The van der Waals surface area contributed by atoms with Gasteiger partial charge in [0.05, 0.1) is 22.8 Å². The number of carbonyl (C=O) groups is 2. The van der Waals surface area contributed by atoms with Crippen LogP contribution in [0.25, 0.3) is 5.69 Å². The van der Waals surface area contributed by atoms with Crippen LogP contribution in [0.1, 0.15) is 32.1 Å². The third-order valence-corrected chi connectivity index (χ3v) is 5.02. The quantitative estimate of drug-likeness (QED) is 0.219. The molecule has 0 aliphatic rings. The van der Waals surface area contributed by atoms with Crippen LogP contribution in [0.5, 0.6) is 0 Å². The molecule has 172 valence electrons. The van der Waals surface area contributed by atoms with Crippen molar-refractivity contribution < 1.29 is 28.7 Å². The number of nitrogens with zero attached hydrogens (tertiary/aromatic N) is 2. The number of ketones is 1. The van der Waals surface area contributed by atoms with Gasteiger partial charge in [-0.05, 0) is 38.1 Å². The van der Waals surface area contributed by atoms with Crippen molar-refractivity contribution >= 4 is 23.1 Å².